The standard InChI is InChI=1S/C11H15N2O15P3.HPS/c1-2-11(17)8(15)6(26-9(11)13-4-3-7(14)12-10(13)16)5-25-30(21,22)28-31(23,24)27-29(18,19)20;1-2/h1,3-4,6,8-9,15,17H,5H2,(H,21,22)(H,23,24)(H,12,14,16)(H2,18,19,20);1H/t6-,8-,9-,11-;/m1./s1. The van der Waals surface area contributed by atoms with Crippen molar-refractivity contribution in [1.29, 1.82) is 0 Å². The molecule has 22 heteroatoms. The Hall–Kier alpha value is -0.950. The third kappa shape index (κ3) is 8.05. The summed E-state index contributed by atoms with van der Waals surface area (Å²) >= 11 is 3.89. The zero-order valence-corrected chi connectivity index (χ0v) is 20.2. The summed E-state index contributed by atoms with van der Waals surface area (Å²) in [5, 5.41) is 20.8. The average Bonchev–Trinajstić information content (AvgIpc) is 2.90. The van der Waals surface area contributed by atoms with Gasteiger partial charge < -0.3 is 34.5 Å². The van der Waals surface area contributed by atoms with Gasteiger partial charge in [0, 0.05) is 12.3 Å². The molecule has 0 spiro atoms. The van der Waals surface area contributed by atoms with Crippen molar-refractivity contribution in [2.45, 2.75) is 24.0 Å². The van der Waals surface area contributed by atoms with Crippen molar-refractivity contribution in [3.63, 3.8) is 0 Å². The first-order valence-corrected chi connectivity index (χ1v) is 14.0. The maximum atomic E-state index is 11.9. The minimum Gasteiger partial charge on any atom is -0.386 e. The molecule has 0 amide bonds. The Labute approximate surface area is 190 Å². The van der Waals surface area contributed by atoms with Crippen molar-refractivity contribution in [2.24, 2.45) is 0 Å². The summed E-state index contributed by atoms with van der Waals surface area (Å²) in [5.41, 5.74) is -4.49. The fourth-order valence-electron chi connectivity index (χ4n) is 2.42. The maximum absolute atomic E-state index is 11.9. The van der Waals surface area contributed by atoms with Gasteiger partial charge in [-0.2, -0.15) is 8.62 Å². The molecule has 0 aromatic carbocycles. The molecule has 1 aromatic rings. The average molecular weight is 572 g/mol. The Morgan fingerprint density at radius 1 is 1.21 bits per heavy atom. The van der Waals surface area contributed by atoms with Gasteiger partial charge in [0.2, 0.25) is 0 Å². The lowest BCUT2D eigenvalue weighted by molar-refractivity contribution is -0.0761. The smallest absolute Gasteiger partial charge is 0.386 e. The van der Waals surface area contributed by atoms with Crippen LogP contribution in [0.1, 0.15) is 6.23 Å². The van der Waals surface area contributed by atoms with E-state index >= 15 is 0 Å². The summed E-state index contributed by atoms with van der Waals surface area (Å²) in [5.74, 6) is 1.79. The van der Waals surface area contributed by atoms with E-state index in [1.165, 1.54) is 0 Å². The fourth-order valence-corrected chi connectivity index (χ4v) is 5.45. The first kappa shape index (κ1) is 30.1. The number of nitrogens with one attached hydrogen (secondary N) is 1. The number of terminal acetylenes is 1. The molecule has 186 valence electrons. The Kier molecular flexibility index (Phi) is 10.2. The van der Waals surface area contributed by atoms with Gasteiger partial charge in [-0.25, -0.2) is 18.5 Å². The summed E-state index contributed by atoms with van der Waals surface area (Å²) < 4.78 is 50.8. The zero-order chi connectivity index (χ0) is 25.8. The van der Waals surface area contributed by atoms with Crippen molar-refractivity contribution >= 4 is 43.3 Å². The van der Waals surface area contributed by atoms with Crippen LogP contribution in [-0.4, -0.2) is 63.8 Å². The number of hydrogen-bond donors (Lipinski definition) is 7. The topological polar surface area (TPSA) is 264 Å². The van der Waals surface area contributed by atoms with Gasteiger partial charge in [0.1, 0.15) is 12.2 Å². The minimum atomic E-state index is -5.78. The number of hydrogen-bond acceptors (Lipinski definition) is 12. The number of ether oxygens (including phenoxy) is 1. The van der Waals surface area contributed by atoms with E-state index in [1.54, 1.807) is 5.92 Å². The van der Waals surface area contributed by atoms with Crippen molar-refractivity contribution in [3.05, 3.63) is 33.1 Å². The highest BCUT2D eigenvalue weighted by Crippen LogP contribution is 2.66. The first-order chi connectivity index (χ1) is 15.0. The summed E-state index contributed by atoms with van der Waals surface area (Å²) in [6, 6.07) is 0.869. The molecule has 6 atom stereocenters. The molecule has 17 nitrogen and oxygen atoms in total. The van der Waals surface area contributed by atoms with Crippen LogP contribution in [0.2, 0.25) is 0 Å². The van der Waals surface area contributed by atoms with Gasteiger partial charge in [0.25, 0.3) is 5.56 Å². The number of aliphatic hydroxyl groups is 2. The summed E-state index contributed by atoms with van der Waals surface area (Å²) in [6.07, 6.45) is 0.460. The third-order valence-electron chi connectivity index (χ3n) is 3.64. The molecule has 1 aliphatic rings. The SMILES string of the molecule is C#C[C@@]1(O)[C@H](O)[C@@H](COP(=O)(O)OP(=O)(O)OP(=O)(O)O)O[C@H]1n1ccc(=O)[nH]c1=O.P=S. The van der Waals surface area contributed by atoms with Crippen molar-refractivity contribution < 1.29 is 61.4 Å². The predicted molar refractivity (Wildman–Crippen MR) is 111 cm³/mol. The molecule has 1 fully saturated rings. The molecular weight excluding hydrogens is 556 g/mol. The molecule has 2 unspecified atom stereocenters. The predicted octanol–water partition coefficient (Wildman–Crippen LogP) is -1.91. The van der Waals surface area contributed by atoms with Gasteiger partial charge in [-0.15, -0.1) is 6.42 Å². The Bertz CT molecular complexity index is 1160. The van der Waals surface area contributed by atoms with Gasteiger partial charge in [0.05, 0.1) is 6.61 Å². The number of aromatic nitrogens is 2. The Morgan fingerprint density at radius 3 is 2.27 bits per heavy atom. The van der Waals surface area contributed by atoms with Crippen molar-refractivity contribution in [1.82, 2.24) is 9.55 Å². The quantitative estimate of drug-likeness (QED) is 0.132. The molecule has 1 aromatic heterocycles. The van der Waals surface area contributed by atoms with Crippen molar-refractivity contribution in [3.8, 4) is 12.3 Å². The van der Waals surface area contributed by atoms with Crippen LogP contribution in [0, 0.1) is 12.3 Å². The summed E-state index contributed by atoms with van der Waals surface area (Å²) in [4.78, 5) is 60.4. The number of aliphatic hydroxyl groups excluding tert-OH is 1. The second-order valence-electron chi connectivity index (χ2n) is 5.85. The highest BCUT2D eigenvalue weighted by Gasteiger charge is 2.56. The zero-order valence-electron chi connectivity index (χ0n) is 15.7. The highest BCUT2D eigenvalue weighted by atomic mass is 32.4. The van der Waals surface area contributed by atoms with E-state index in [4.69, 9.17) is 25.8 Å². The second-order valence-corrected chi connectivity index (χ2v) is 10.3. The Balaban J connectivity index is 0.00000265. The summed E-state index contributed by atoms with van der Waals surface area (Å²) in [6.45, 7) is -1.15. The lowest BCUT2D eigenvalue weighted by Gasteiger charge is -2.26. The van der Waals surface area contributed by atoms with Crippen LogP contribution in [0.25, 0.3) is 0 Å². The van der Waals surface area contributed by atoms with Crippen LogP contribution in [0.4, 0.5) is 0 Å². The van der Waals surface area contributed by atoms with E-state index in [0.29, 0.717) is 4.57 Å². The molecule has 2 rings (SSSR count). The fraction of sp³-hybridized carbons (Fsp3) is 0.455. The van der Waals surface area contributed by atoms with Crippen LogP contribution in [0.15, 0.2) is 21.9 Å². The Morgan fingerprint density at radius 2 is 1.79 bits per heavy atom. The number of aromatic amines is 1. The van der Waals surface area contributed by atoms with E-state index in [0.717, 1.165) is 12.3 Å². The van der Waals surface area contributed by atoms with E-state index in [1.807, 2.05) is 4.98 Å². The molecular formula is C11H16N2O15P4S. The molecule has 0 radical (unpaired) electrons. The summed E-state index contributed by atoms with van der Waals surface area (Å²) in [7, 11) is -14.4. The second kappa shape index (κ2) is 11.2. The molecule has 0 bridgehead atoms. The molecule has 7 N–H and O–H groups in total. The van der Waals surface area contributed by atoms with Gasteiger partial charge in [0.15, 0.2) is 11.8 Å². The number of phosphoric ester groups is 1. The number of nitrogens with zero attached hydrogens (tertiary/aromatic N) is 1. The van der Waals surface area contributed by atoms with Gasteiger partial charge in [-0.1, -0.05) is 17.7 Å². The van der Waals surface area contributed by atoms with Gasteiger partial charge >= 0.3 is 29.2 Å². The molecule has 1 saturated heterocycles. The van der Waals surface area contributed by atoms with E-state index in [-0.39, 0.29) is 0 Å². The number of rotatable bonds is 8. The van der Waals surface area contributed by atoms with Gasteiger partial charge in [-0.3, -0.25) is 18.9 Å². The molecule has 0 aliphatic carbocycles. The minimum absolute atomic E-state index is 0.606. The molecule has 1 aliphatic heterocycles. The van der Waals surface area contributed by atoms with Crippen LogP contribution >= 0.6 is 31.5 Å². The van der Waals surface area contributed by atoms with Crippen LogP contribution in [0.3, 0.4) is 0 Å². The van der Waals surface area contributed by atoms with Crippen LogP contribution < -0.4 is 11.2 Å². The van der Waals surface area contributed by atoms with Crippen LogP contribution in [-0.2, 0) is 43.4 Å². The normalized spacial score (nSPS) is 28.6. The largest absolute Gasteiger partial charge is 0.490 e. The number of H-pyrrole nitrogens is 1. The van der Waals surface area contributed by atoms with E-state index < -0.39 is 65.4 Å². The lowest BCUT2D eigenvalue weighted by atomic mass is 9.95. The first-order valence-electron chi connectivity index (χ1n) is 7.83. The number of phosphoric acid groups is 3. The van der Waals surface area contributed by atoms with Crippen molar-refractivity contribution in [2.75, 3.05) is 6.61 Å². The van der Waals surface area contributed by atoms with Crippen LogP contribution in [0.5, 0.6) is 0 Å². The highest BCUT2D eigenvalue weighted by molar-refractivity contribution is 7.88. The molecule has 33 heavy (non-hydrogen) atoms. The monoisotopic (exact) mass is 572 g/mol. The molecule has 2 heterocycles. The lowest BCUT2D eigenvalue weighted by Crippen LogP contribution is -2.48. The maximum Gasteiger partial charge on any atom is 0.490 e. The van der Waals surface area contributed by atoms with Gasteiger partial charge in [-0.05, 0) is 8.02 Å². The third-order valence-corrected chi connectivity index (χ3v) is 7.44. The van der Waals surface area contributed by atoms with E-state index in [9.17, 15) is 38.4 Å². The van der Waals surface area contributed by atoms with E-state index in [2.05, 4.69) is 33.0 Å². The molecule has 0 saturated carbocycles.